The molecule has 1 unspecified atom stereocenters. The van der Waals surface area contributed by atoms with Crippen LogP contribution in [0.1, 0.15) is 39.0 Å². The van der Waals surface area contributed by atoms with Crippen molar-refractivity contribution in [2.45, 2.75) is 51.1 Å². The first-order valence-electron chi connectivity index (χ1n) is 5.70. The maximum Gasteiger partial charge on any atom is 0.180 e. The SMILES string of the molecule is CCCC/C=C/C[SiH]1CCCCO1. The Bertz CT molecular complexity index is 139. The fourth-order valence-corrected chi connectivity index (χ4v) is 3.96. The van der Waals surface area contributed by atoms with Gasteiger partial charge < -0.3 is 4.43 Å². The van der Waals surface area contributed by atoms with Gasteiger partial charge >= 0.3 is 0 Å². The third-order valence-electron chi connectivity index (χ3n) is 2.56. The normalized spacial score (nSPS) is 23.9. The summed E-state index contributed by atoms with van der Waals surface area (Å²) in [6.07, 6.45) is 11.3. The van der Waals surface area contributed by atoms with E-state index in [1.165, 1.54) is 44.2 Å². The number of hydrogen-bond donors (Lipinski definition) is 0. The molecule has 1 atom stereocenters. The second kappa shape index (κ2) is 7.33. The first-order chi connectivity index (χ1) is 6.43. The third kappa shape index (κ3) is 5.27. The van der Waals surface area contributed by atoms with Gasteiger partial charge in [-0.3, -0.25) is 0 Å². The molecule has 1 aliphatic heterocycles. The predicted molar refractivity (Wildman–Crippen MR) is 60.6 cm³/mol. The molecule has 0 bridgehead atoms. The van der Waals surface area contributed by atoms with E-state index < -0.39 is 9.04 Å². The lowest BCUT2D eigenvalue weighted by molar-refractivity contribution is 0.288. The maximum absolute atomic E-state index is 5.77. The molecule has 1 nitrogen and oxygen atoms in total. The summed E-state index contributed by atoms with van der Waals surface area (Å²) in [5.74, 6) is 0. The van der Waals surface area contributed by atoms with Gasteiger partial charge in [0.1, 0.15) is 0 Å². The molecule has 0 aromatic carbocycles. The topological polar surface area (TPSA) is 9.23 Å². The van der Waals surface area contributed by atoms with Crippen LogP contribution in [0.15, 0.2) is 12.2 Å². The Hall–Kier alpha value is -0.0831. The molecule has 1 heterocycles. The van der Waals surface area contributed by atoms with Crippen LogP contribution in [0.25, 0.3) is 0 Å². The van der Waals surface area contributed by atoms with Gasteiger partial charge in [-0.05, 0) is 24.9 Å². The Kier molecular flexibility index (Phi) is 6.20. The van der Waals surface area contributed by atoms with E-state index in [1.54, 1.807) is 0 Å². The molecule has 0 radical (unpaired) electrons. The minimum Gasteiger partial charge on any atom is -0.420 e. The molecular weight excluding hydrogens is 176 g/mol. The molecule has 0 aliphatic carbocycles. The summed E-state index contributed by atoms with van der Waals surface area (Å²) in [5.41, 5.74) is 0. The summed E-state index contributed by atoms with van der Waals surface area (Å²) in [6, 6.07) is 2.67. The van der Waals surface area contributed by atoms with Crippen molar-refractivity contribution in [2.75, 3.05) is 6.61 Å². The summed E-state index contributed by atoms with van der Waals surface area (Å²) < 4.78 is 5.77. The van der Waals surface area contributed by atoms with Gasteiger partial charge in [0.05, 0.1) is 0 Å². The molecule has 1 fully saturated rings. The van der Waals surface area contributed by atoms with Crippen molar-refractivity contribution < 1.29 is 4.43 Å². The number of unbranched alkanes of at least 4 members (excludes halogenated alkanes) is 2. The van der Waals surface area contributed by atoms with E-state index in [0.717, 1.165) is 6.61 Å². The van der Waals surface area contributed by atoms with E-state index in [-0.39, 0.29) is 0 Å². The average Bonchev–Trinajstić information content (AvgIpc) is 2.19. The summed E-state index contributed by atoms with van der Waals surface area (Å²) in [5, 5.41) is 0. The zero-order valence-corrected chi connectivity index (χ0v) is 9.95. The molecule has 0 aromatic heterocycles. The summed E-state index contributed by atoms with van der Waals surface area (Å²) in [7, 11) is -0.765. The van der Waals surface area contributed by atoms with Crippen LogP contribution < -0.4 is 0 Å². The number of allylic oxidation sites excluding steroid dienone is 2. The Morgan fingerprint density at radius 2 is 2.23 bits per heavy atom. The van der Waals surface area contributed by atoms with E-state index in [2.05, 4.69) is 19.1 Å². The molecule has 1 saturated heterocycles. The number of rotatable bonds is 5. The van der Waals surface area contributed by atoms with Crippen LogP contribution in [0, 0.1) is 0 Å². The van der Waals surface area contributed by atoms with E-state index in [9.17, 15) is 0 Å². The maximum atomic E-state index is 5.77. The second-order valence-electron chi connectivity index (χ2n) is 3.84. The molecule has 13 heavy (non-hydrogen) atoms. The highest BCUT2D eigenvalue weighted by molar-refractivity contribution is 6.52. The zero-order valence-electron chi connectivity index (χ0n) is 8.80. The van der Waals surface area contributed by atoms with Gasteiger partial charge in [-0.1, -0.05) is 38.3 Å². The highest BCUT2D eigenvalue weighted by atomic mass is 28.3. The molecule has 1 rings (SSSR count). The van der Waals surface area contributed by atoms with Crippen molar-refractivity contribution in [2.24, 2.45) is 0 Å². The third-order valence-corrected chi connectivity index (χ3v) is 5.12. The van der Waals surface area contributed by atoms with Crippen molar-refractivity contribution in [1.29, 1.82) is 0 Å². The summed E-state index contributed by atoms with van der Waals surface area (Å²) in [4.78, 5) is 0. The molecule has 0 saturated carbocycles. The van der Waals surface area contributed by atoms with Gasteiger partial charge in [0.2, 0.25) is 0 Å². The quantitative estimate of drug-likeness (QED) is 0.374. The van der Waals surface area contributed by atoms with Gasteiger partial charge in [-0.2, -0.15) is 0 Å². The van der Waals surface area contributed by atoms with Crippen molar-refractivity contribution in [3.05, 3.63) is 12.2 Å². The lowest BCUT2D eigenvalue weighted by Gasteiger charge is -2.19. The second-order valence-corrected chi connectivity index (χ2v) is 6.46. The number of hydrogen-bond acceptors (Lipinski definition) is 1. The van der Waals surface area contributed by atoms with Crippen molar-refractivity contribution in [3.63, 3.8) is 0 Å². The average molecular weight is 198 g/mol. The van der Waals surface area contributed by atoms with E-state index in [0.29, 0.717) is 0 Å². The molecule has 76 valence electrons. The minimum atomic E-state index is -0.765. The van der Waals surface area contributed by atoms with Crippen LogP contribution in [-0.2, 0) is 4.43 Å². The Balaban J connectivity index is 2.00. The highest BCUT2D eigenvalue weighted by Crippen LogP contribution is 2.14. The lowest BCUT2D eigenvalue weighted by Crippen LogP contribution is -2.21. The van der Waals surface area contributed by atoms with Crippen LogP contribution in [0.4, 0.5) is 0 Å². The Morgan fingerprint density at radius 1 is 1.31 bits per heavy atom. The molecule has 1 aliphatic rings. The van der Waals surface area contributed by atoms with Crippen molar-refractivity contribution >= 4 is 9.04 Å². The largest absolute Gasteiger partial charge is 0.420 e. The molecule has 0 aromatic rings. The van der Waals surface area contributed by atoms with Gasteiger partial charge in [-0.15, -0.1) is 0 Å². The first-order valence-corrected chi connectivity index (χ1v) is 7.80. The van der Waals surface area contributed by atoms with E-state index >= 15 is 0 Å². The monoisotopic (exact) mass is 198 g/mol. The molecule has 0 amide bonds. The fraction of sp³-hybridized carbons (Fsp3) is 0.818. The van der Waals surface area contributed by atoms with E-state index in [4.69, 9.17) is 4.43 Å². The van der Waals surface area contributed by atoms with Gasteiger partial charge in [0.25, 0.3) is 0 Å². The predicted octanol–water partition coefficient (Wildman–Crippen LogP) is 3.27. The van der Waals surface area contributed by atoms with Crippen LogP contribution in [0.2, 0.25) is 12.1 Å². The lowest BCUT2D eigenvalue weighted by atomic mass is 10.2. The van der Waals surface area contributed by atoms with Crippen LogP contribution in [-0.4, -0.2) is 15.6 Å². The highest BCUT2D eigenvalue weighted by Gasteiger charge is 2.13. The molecule has 0 N–H and O–H groups in total. The van der Waals surface area contributed by atoms with Crippen molar-refractivity contribution in [3.8, 4) is 0 Å². The molecule has 2 heteroatoms. The van der Waals surface area contributed by atoms with Crippen LogP contribution in [0.3, 0.4) is 0 Å². The molecular formula is C11H22OSi. The van der Waals surface area contributed by atoms with E-state index in [1.807, 2.05) is 0 Å². The minimum absolute atomic E-state index is 0.765. The van der Waals surface area contributed by atoms with Crippen LogP contribution in [0.5, 0.6) is 0 Å². The Morgan fingerprint density at radius 3 is 2.92 bits per heavy atom. The zero-order chi connectivity index (χ0) is 9.36. The van der Waals surface area contributed by atoms with Gasteiger partial charge in [-0.25, -0.2) is 0 Å². The standard InChI is InChI=1S/C11H22OSi/c1-2-3-4-5-7-10-13-11-8-6-9-12-13/h5,7,13H,2-4,6,8-11H2,1H3/b7-5+. The summed E-state index contributed by atoms with van der Waals surface area (Å²) in [6.45, 7) is 3.28. The van der Waals surface area contributed by atoms with Gasteiger partial charge in [0, 0.05) is 6.61 Å². The van der Waals surface area contributed by atoms with Gasteiger partial charge in [0.15, 0.2) is 9.04 Å². The van der Waals surface area contributed by atoms with Crippen molar-refractivity contribution in [1.82, 2.24) is 0 Å². The van der Waals surface area contributed by atoms with Crippen LogP contribution >= 0.6 is 0 Å². The smallest absolute Gasteiger partial charge is 0.180 e. The fourth-order valence-electron chi connectivity index (χ4n) is 1.68. The first kappa shape index (κ1) is 11.0. The molecule has 0 spiro atoms. The Labute approximate surface area is 83.9 Å². The summed E-state index contributed by atoms with van der Waals surface area (Å²) >= 11 is 0.